The summed E-state index contributed by atoms with van der Waals surface area (Å²) in [5.74, 6) is -0.142. The van der Waals surface area contributed by atoms with E-state index in [4.69, 9.17) is 14.2 Å². The van der Waals surface area contributed by atoms with E-state index < -0.39 is 5.60 Å². The van der Waals surface area contributed by atoms with Gasteiger partial charge in [0.1, 0.15) is 5.60 Å². The third-order valence-electron chi connectivity index (χ3n) is 4.11. The Labute approximate surface area is 132 Å². The maximum absolute atomic E-state index is 12.0. The Morgan fingerprint density at radius 1 is 1.05 bits per heavy atom. The van der Waals surface area contributed by atoms with E-state index in [1.807, 2.05) is 20.8 Å². The average Bonchev–Trinajstić information content (AvgIpc) is 2.40. The first-order chi connectivity index (χ1) is 10.3. The number of hydrogen-bond donors (Lipinski definition) is 0. The van der Waals surface area contributed by atoms with Crippen LogP contribution in [0, 0.1) is 5.92 Å². The molecule has 1 saturated heterocycles. The van der Waals surface area contributed by atoms with Gasteiger partial charge in [0.05, 0.1) is 25.2 Å². The number of piperidine rings is 1. The first-order valence-electron chi connectivity index (χ1n) is 7.99. The molecular formula is C16H27NO5. The lowest BCUT2D eigenvalue weighted by Crippen LogP contribution is -2.46. The molecule has 0 aromatic rings. The molecule has 1 aliphatic heterocycles. The molecule has 126 valence electrons. The van der Waals surface area contributed by atoms with Gasteiger partial charge in [-0.2, -0.15) is 0 Å². The van der Waals surface area contributed by atoms with Gasteiger partial charge in [-0.15, -0.1) is 0 Å². The molecule has 0 atom stereocenters. The van der Waals surface area contributed by atoms with Crippen molar-refractivity contribution in [3.63, 3.8) is 0 Å². The molecule has 0 unspecified atom stereocenters. The summed E-state index contributed by atoms with van der Waals surface area (Å²) in [6, 6.07) is 0. The molecule has 2 fully saturated rings. The highest BCUT2D eigenvalue weighted by molar-refractivity contribution is 5.73. The maximum atomic E-state index is 12.0. The first kappa shape index (κ1) is 17.1. The summed E-state index contributed by atoms with van der Waals surface area (Å²) in [7, 11) is 1.42. The smallest absolute Gasteiger partial charge is 0.410 e. The van der Waals surface area contributed by atoms with Gasteiger partial charge in [0.2, 0.25) is 0 Å². The molecule has 0 spiro atoms. The molecule has 2 rings (SSSR count). The van der Waals surface area contributed by atoms with Crippen molar-refractivity contribution in [1.82, 2.24) is 4.90 Å². The molecule has 0 N–H and O–H groups in total. The van der Waals surface area contributed by atoms with Crippen LogP contribution in [0.5, 0.6) is 0 Å². The van der Waals surface area contributed by atoms with Gasteiger partial charge in [-0.25, -0.2) is 4.79 Å². The number of carbonyl (C=O) groups is 2. The van der Waals surface area contributed by atoms with Crippen LogP contribution >= 0.6 is 0 Å². The van der Waals surface area contributed by atoms with Gasteiger partial charge < -0.3 is 19.1 Å². The van der Waals surface area contributed by atoms with Gasteiger partial charge >= 0.3 is 12.1 Å². The second-order valence-corrected chi connectivity index (χ2v) is 7.12. The summed E-state index contributed by atoms with van der Waals surface area (Å²) in [5.41, 5.74) is -0.459. The van der Waals surface area contributed by atoms with E-state index in [9.17, 15) is 9.59 Å². The predicted molar refractivity (Wildman–Crippen MR) is 80.4 cm³/mol. The van der Waals surface area contributed by atoms with Gasteiger partial charge in [-0.05, 0) is 46.5 Å². The molecule has 1 heterocycles. The van der Waals surface area contributed by atoms with Crippen molar-refractivity contribution in [3.8, 4) is 0 Å². The third kappa shape index (κ3) is 4.60. The molecule has 1 amide bonds. The van der Waals surface area contributed by atoms with Gasteiger partial charge in [-0.1, -0.05) is 0 Å². The SMILES string of the molecule is COC(=O)[C@H]1C[C@H](OC2CCN(C(=O)OC(C)(C)C)CC2)C1. The number of amides is 1. The monoisotopic (exact) mass is 313 g/mol. The van der Waals surface area contributed by atoms with Crippen LogP contribution in [-0.4, -0.2) is 55.0 Å². The van der Waals surface area contributed by atoms with Crippen molar-refractivity contribution < 1.29 is 23.8 Å². The number of methoxy groups -OCH3 is 1. The summed E-state index contributed by atoms with van der Waals surface area (Å²) in [6.07, 6.45) is 3.21. The zero-order chi connectivity index (χ0) is 16.3. The Kier molecular flexibility index (Phi) is 5.32. The minimum absolute atomic E-state index is 0.00291. The fraction of sp³-hybridized carbons (Fsp3) is 0.875. The molecule has 6 heteroatoms. The largest absolute Gasteiger partial charge is 0.469 e. The summed E-state index contributed by atoms with van der Waals surface area (Å²) in [5, 5.41) is 0. The van der Waals surface area contributed by atoms with E-state index in [-0.39, 0.29) is 30.2 Å². The van der Waals surface area contributed by atoms with E-state index in [1.165, 1.54) is 7.11 Å². The van der Waals surface area contributed by atoms with Crippen LogP contribution in [0.1, 0.15) is 46.5 Å². The van der Waals surface area contributed by atoms with Crippen molar-refractivity contribution in [3.05, 3.63) is 0 Å². The third-order valence-corrected chi connectivity index (χ3v) is 4.11. The zero-order valence-electron chi connectivity index (χ0n) is 14.0. The Balaban J connectivity index is 1.66. The summed E-state index contributed by atoms with van der Waals surface area (Å²) in [4.78, 5) is 25.0. The highest BCUT2D eigenvalue weighted by Gasteiger charge is 2.38. The molecule has 22 heavy (non-hydrogen) atoms. The van der Waals surface area contributed by atoms with E-state index >= 15 is 0 Å². The van der Waals surface area contributed by atoms with Gasteiger partial charge in [-0.3, -0.25) is 4.79 Å². The van der Waals surface area contributed by atoms with E-state index in [2.05, 4.69) is 0 Å². The van der Waals surface area contributed by atoms with Gasteiger partial charge in [0.15, 0.2) is 0 Å². The quantitative estimate of drug-likeness (QED) is 0.748. The van der Waals surface area contributed by atoms with Crippen molar-refractivity contribution in [2.45, 2.75) is 64.3 Å². The van der Waals surface area contributed by atoms with E-state index in [0.717, 1.165) is 25.7 Å². The lowest BCUT2D eigenvalue weighted by Gasteiger charge is -2.39. The van der Waals surface area contributed by atoms with Crippen LogP contribution in [0.4, 0.5) is 4.79 Å². The summed E-state index contributed by atoms with van der Waals surface area (Å²) < 4.78 is 16.1. The van der Waals surface area contributed by atoms with Gasteiger partial charge in [0, 0.05) is 13.1 Å². The summed E-state index contributed by atoms with van der Waals surface area (Å²) >= 11 is 0. The van der Waals surface area contributed by atoms with Crippen LogP contribution in [0.2, 0.25) is 0 Å². The predicted octanol–water partition coefficient (Wildman–Crippen LogP) is 2.35. The number of carbonyl (C=O) groups excluding carboxylic acids is 2. The zero-order valence-corrected chi connectivity index (χ0v) is 14.0. The van der Waals surface area contributed by atoms with Crippen molar-refractivity contribution in [2.75, 3.05) is 20.2 Å². The minimum Gasteiger partial charge on any atom is -0.469 e. The number of rotatable bonds is 3. The topological polar surface area (TPSA) is 65.1 Å². The molecule has 1 saturated carbocycles. The van der Waals surface area contributed by atoms with E-state index in [0.29, 0.717) is 13.1 Å². The number of ether oxygens (including phenoxy) is 3. The highest BCUT2D eigenvalue weighted by atomic mass is 16.6. The van der Waals surface area contributed by atoms with Crippen LogP contribution in [0.25, 0.3) is 0 Å². The van der Waals surface area contributed by atoms with Crippen LogP contribution in [-0.2, 0) is 19.0 Å². The van der Waals surface area contributed by atoms with Gasteiger partial charge in [0.25, 0.3) is 0 Å². The molecule has 1 aliphatic carbocycles. The average molecular weight is 313 g/mol. The fourth-order valence-electron chi connectivity index (χ4n) is 2.81. The number of hydrogen-bond acceptors (Lipinski definition) is 5. The van der Waals surface area contributed by atoms with Crippen molar-refractivity contribution in [2.24, 2.45) is 5.92 Å². The molecular weight excluding hydrogens is 286 g/mol. The molecule has 0 bridgehead atoms. The normalized spacial score (nSPS) is 26.3. The van der Waals surface area contributed by atoms with Crippen LogP contribution in [0.15, 0.2) is 0 Å². The molecule has 0 aromatic carbocycles. The Bertz CT molecular complexity index is 403. The molecule has 0 aromatic heterocycles. The van der Waals surface area contributed by atoms with Crippen molar-refractivity contribution >= 4 is 12.1 Å². The highest BCUT2D eigenvalue weighted by Crippen LogP contribution is 2.33. The van der Waals surface area contributed by atoms with Crippen molar-refractivity contribution in [1.29, 1.82) is 0 Å². The number of nitrogens with zero attached hydrogens (tertiary/aromatic N) is 1. The Morgan fingerprint density at radius 2 is 1.64 bits per heavy atom. The second kappa shape index (κ2) is 6.86. The Hall–Kier alpha value is -1.30. The van der Waals surface area contributed by atoms with E-state index in [1.54, 1.807) is 4.90 Å². The number of esters is 1. The molecule has 0 radical (unpaired) electrons. The summed E-state index contributed by atoms with van der Waals surface area (Å²) in [6.45, 7) is 6.93. The molecule has 2 aliphatic rings. The maximum Gasteiger partial charge on any atom is 0.410 e. The fourth-order valence-corrected chi connectivity index (χ4v) is 2.81. The van der Waals surface area contributed by atoms with Crippen LogP contribution in [0.3, 0.4) is 0 Å². The number of likely N-dealkylation sites (tertiary alicyclic amines) is 1. The first-order valence-corrected chi connectivity index (χ1v) is 7.99. The lowest BCUT2D eigenvalue weighted by molar-refractivity contribution is -0.159. The second-order valence-electron chi connectivity index (χ2n) is 7.12. The standard InChI is InChI=1S/C16H27NO5/c1-16(2,3)22-15(19)17-7-5-12(6-8-17)21-13-9-11(10-13)14(18)20-4/h11-13H,5-10H2,1-4H3/t11-,13-. The van der Waals surface area contributed by atoms with Crippen LogP contribution < -0.4 is 0 Å². The Morgan fingerprint density at radius 3 is 2.14 bits per heavy atom. The minimum atomic E-state index is -0.459. The lowest BCUT2D eigenvalue weighted by atomic mass is 9.82. The molecule has 6 nitrogen and oxygen atoms in total.